The number of nitrogens with zero attached hydrogens (tertiary/aromatic N) is 4. The van der Waals surface area contributed by atoms with E-state index in [1.54, 1.807) is 6.33 Å². The van der Waals surface area contributed by atoms with Gasteiger partial charge in [0.1, 0.15) is 16.9 Å². The van der Waals surface area contributed by atoms with E-state index in [9.17, 15) is 4.79 Å². The van der Waals surface area contributed by atoms with Crippen LogP contribution in [0.4, 0.5) is 10.8 Å². The van der Waals surface area contributed by atoms with E-state index in [1.165, 1.54) is 7.11 Å². The first-order chi connectivity index (χ1) is 9.17. The summed E-state index contributed by atoms with van der Waals surface area (Å²) in [6.45, 7) is 3.20. The quantitative estimate of drug-likeness (QED) is 0.778. The molecule has 0 spiro atoms. The maximum Gasteiger partial charge on any atom is 0.344 e. The lowest BCUT2D eigenvalue weighted by molar-refractivity contribution is 0.0603. The largest absolute Gasteiger partial charge is 0.465 e. The van der Waals surface area contributed by atoms with Crippen molar-refractivity contribution < 1.29 is 9.53 Å². The van der Waals surface area contributed by atoms with Gasteiger partial charge in [0, 0.05) is 6.54 Å². The van der Waals surface area contributed by atoms with Gasteiger partial charge in [0.05, 0.1) is 13.7 Å². The Balaban J connectivity index is 2.14. The van der Waals surface area contributed by atoms with Crippen molar-refractivity contribution in [2.45, 2.75) is 20.0 Å². The van der Waals surface area contributed by atoms with Gasteiger partial charge < -0.3 is 20.4 Å². The molecular weight excluding hydrogens is 268 g/mol. The van der Waals surface area contributed by atoms with Gasteiger partial charge >= 0.3 is 5.97 Å². The first kappa shape index (κ1) is 13.3. The number of hydrogen-bond acceptors (Lipinski definition) is 8. The van der Waals surface area contributed by atoms with Crippen molar-refractivity contribution in [3.05, 3.63) is 17.7 Å². The maximum absolute atomic E-state index is 11.6. The summed E-state index contributed by atoms with van der Waals surface area (Å²) in [5, 5.41) is 11.5. The summed E-state index contributed by atoms with van der Waals surface area (Å²) in [5.74, 6) is 0.423. The van der Waals surface area contributed by atoms with Gasteiger partial charge in [0.15, 0.2) is 11.6 Å². The van der Waals surface area contributed by atoms with Crippen LogP contribution in [-0.2, 0) is 17.8 Å². The van der Waals surface area contributed by atoms with Crippen LogP contribution in [0, 0.1) is 0 Å². The van der Waals surface area contributed by atoms with Crippen molar-refractivity contribution in [3.63, 3.8) is 0 Å². The number of rotatable bonds is 5. The maximum atomic E-state index is 11.6. The number of hydrogen-bond donors (Lipinski definition) is 2. The summed E-state index contributed by atoms with van der Waals surface area (Å²) < 4.78 is 10.5. The minimum atomic E-state index is -0.509. The van der Waals surface area contributed by atoms with Gasteiger partial charge in [-0.05, 0) is 18.5 Å². The number of esters is 1. The van der Waals surface area contributed by atoms with Crippen LogP contribution in [0.25, 0.3) is 0 Å². The van der Waals surface area contributed by atoms with E-state index in [0.717, 1.165) is 23.9 Å². The zero-order chi connectivity index (χ0) is 13.8. The number of ether oxygens (including phenoxy) is 1. The van der Waals surface area contributed by atoms with Crippen LogP contribution in [0.5, 0.6) is 0 Å². The van der Waals surface area contributed by atoms with Gasteiger partial charge in [0.2, 0.25) is 0 Å². The molecule has 0 radical (unpaired) electrons. The summed E-state index contributed by atoms with van der Waals surface area (Å²) in [7, 11) is 1.30. The molecule has 0 saturated heterocycles. The van der Waals surface area contributed by atoms with Gasteiger partial charge in [-0.2, -0.15) is 4.37 Å². The third-order valence-electron chi connectivity index (χ3n) is 2.55. The molecule has 9 heteroatoms. The van der Waals surface area contributed by atoms with Crippen molar-refractivity contribution in [2.75, 3.05) is 18.2 Å². The SMILES string of the molecule is CCn1cnnc1CNc1snc(N)c1C(=O)OC. The van der Waals surface area contributed by atoms with Crippen molar-refractivity contribution in [2.24, 2.45) is 0 Å². The Kier molecular flexibility index (Phi) is 3.95. The molecule has 0 amide bonds. The Hall–Kier alpha value is -2.16. The fraction of sp³-hybridized carbons (Fsp3) is 0.400. The van der Waals surface area contributed by atoms with Gasteiger partial charge in [-0.15, -0.1) is 10.2 Å². The topological polar surface area (TPSA) is 108 Å². The molecule has 3 N–H and O–H groups in total. The molecule has 0 atom stereocenters. The molecule has 0 aliphatic heterocycles. The molecular formula is C10H14N6O2S. The summed E-state index contributed by atoms with van der Waals surface area (Å²) in [4.78, 5) is 11.6. The first-order valence-corrected chi connectivity index (χ1v) is 6.38. The summed E-state index contributed by atoms with van der Waals surface area (Å²) in [6.07, 6.45) is 1.65. The van der Waals surface area contributed by atoms with Crippen LogP contribution in [0.3, 0.4) is 0 Å². The molecule has 2 rings (SSSR count). The van der Waals surface area contributed by atoms with Crippen LogP contribution in [0.1, 0.15) is 23.1 Å². The van der Waals surface area contributed by atoms with Crippen molar-refractivity contribution >= 4 is 28.3 Å². The molecule has 0 saturated carbocycles. The zero-order valence-corrected chi connectivity index (χ0v) is 11.4. The van der Waals surface area contributed by atoms with Crippen molar-refractivity contribution in [1.82, 2.24) is 19.1 Å². The third-order valence-corrected chi connectivity index (χ3v) is 3.37. The molecule has 2 aromatic rings. The van der Waals surface area contributed by atoms with Crippen LogP contribution in [0.2, 0.25) is 0 Å². The number of carbonyl (C=O) groups is 1. The van der Waals surface area contributed by atoms with Crippen LogP contribution in [-0.4, -0.2) is 32.2 Å². The molecule has 19 heavy (non-hydrogen) atoms. The number of aromatic nitrogens is 4. The highest BCUT2D eigenvalue weighted by molar-refractivity contribution is 7.11. The molecule has 0 aliphatic carbocycles. The van der Waals surface area contributed by atoms with E-state index in [2.05, 4.69) is 24.6 Å². The molecule has 8 nitrogen and oxygen atoms in total. The molecule has 0 unspecified atom stereocenters. The summed E-state index contributed by atoms with van der Waals surface area (Å²) in [6, 6.07) is 0. The standard InChI is InChI=1S/C10H14N6O2S/c1-3-16-5-13-14-6(16)4-12-9-7(10(17)18-2)8(11)15-19-9/h5,12H,3-4H2,1-2H3,(H2,11,15). The van der Waals surface area contributed by atoms with E-state index in [1.807, 2.05) is 11.5 Å². The minimum Gasteiger partial charge on any atom is -0.465 e. The van der Waals surface area contributed by atoms with Gasteiger partial charge in [-0.1, -0.05) is 0 Å². The van der Waals surface area contributed by atoms with E-state index >= 15 is 0 Å². The highest BCUT2D eigenvalue weighted by Crippen LogP contribution is 2.27. The average Bonchev–Trinajstić information content (AvgIpc) is 3.01. The number of methoxy groups -OCH3 is 1. The molecule has 0 aromatic carbocycles. The smallest absolute Gasteiger partial charge is 0.344 e. The normalized spacial score (nSPS) is 10.4. The number of nitrogens with one attached hydrogen (secondary N) is 1. The Labute approximate surface area is 113 Å². The number of carbonyl (C=O) groups excluding carboxylic acids is 1. The lowest BCUT2D eigenvalue weighted by Gasteiger charge is -2.06. The second-order valence-electron chi connectivity index (χ2n) is 3.65. The number of anilines is 2. The first-order valence-electron chi connectivity index (χ1n) is 5.61. The molecule has 102 valence electrons. The predicted octanol–water partition coefficient (Wildman–Crippen LogP) is 0.735. The molecule has 2 heterocycles. The summed E-state index contributed by atoms with van der Waals surface area (Å²) in [5.41, 5.74) is 5.91. The third kappa shape index (κ3) is 2.65. The lowest BCUT2D eigenvalue weighted by Crippen LogP contribution is -2.10. The molecule has 0 aliphatic rings. The van der Waals surface area contributed by atoms with Crippen molar-refractivity contribution in [1.29, 1.82) is 0 Å². The molecule has 0 fully saturated rings. The van der Waals surface area contributed by atoms with Crippen molar-refractivity contribution in [3.8, 4) is 0 Å². The van der Waals surface area contributed by atoms with Gasteiger partial charge in [-0.3, -0.25) is 0 Å². The number of nitrogens with two attached hydrogens (primary N) is 1. The highest BCUT2D eigenvalue weighted by Gasteiger charge is 2.20. The van der Waals surface area contributed by atoms with Crippen LogP contribution in [0.15, 0.2) is 6.33 Å². The van der Waals surface area contributed by atoms with E-state index in [-0.39, 0.29) is 11.4 Å². The molecule has 0 bridgehead atoms. The monoisotopic (exact) mass is 282 g/mol. The van der Waals surface area contributed by atoms with Gasteiger partial charge in [0.25, 0.3) is 0 Å². The Morgan fingerprint density at radius 3 is 3.11 bits per heavy atom. The lowest BCUT2D eigenvalue weighted by atomic mass is 10.3. The predicted molar refractivity (Wildman–Crippen MR) is 70.9 cm³/mol. The second kappa shape index (κ2) is 5.65. The fourth-order valence-corrected chi connectivity index (χ4v) is 2.26. The van der Waals surface area contributed by atoms with Crippen LogP contribution >= 0.6 is 11.5 Å². The van der Waals surface area contributed by atoms with Gasteiger partial charge in [-0.25, -0.2) is 4.79 Å². The van der Waals surface area contributed by atoms with Crippen LogP contribution < -0.4 is 11.1 Å². The Bertz CT molecular complexity index is 578. The zero-order valence-electron chi connectivity index (χ0n) is 10.6. The highest BCUT2D eigenvalue weighted by atomic mass is 32.1. The molecule has 2 aromatic heterocycles. The second-order valence-corrected chi connectivity index (χ2v) is 4.42. The van der Waals surface area contributed by atoms with E-state index < -0.39 is 5.97 Å². The minimum absolute atomic E-state index is 0.163. The fourth-order valence-electron chi connectivity index (χ4n) is 1.56. The number of aryl methyl sites for hydroxylation is 1. The summed E-state index contributed by atoms with van der Waals surface area (Å²) >= 11 is 1.11. The van der Waals surface area contributed by atoms with E-state index in [4.69, 9.17) is 5.73 Å². The average molecular weight is 282 g/mol. The Morgan fingerprint density at radius 1 is 1.63 bits per heavy atom. The van der Waals surface area contributed by atoms with E-state index in [0.29, 0.717) is 11.5 Å². The Morgan fingerprint density at radius 2 is 2.42 bits per heavy atom. The number of nitrogen functional groups attached to an aromatic ring is 1.